The third kappa shape index (κ3) is 3.25. The number of nitrogens with zero attached hydrogens (tertiary/aromatic N) is 1. The number of aromatic nitrogens is 2. The number of aromatic amines is 1. The minimum atomic E-state index is -0.789. The number of phenols is 1. The predicted molar refractivity (Wildman–Crippen MR) is 96.7 cm³/mol. The van der Waals surface area contributed by atoms with Gasteiger partial charge in [0.2, 0.25) is 0 Å². The minimum Gasteiger partial charge on any atom is -0.507 e. The van der Waals surface area contributed by atoms with Crippen LogP contribution < -0.4 is 5.56 Å². The van der Waals surface area contributed by atoms with Gasteiger partial charge in [-0.05, 0) is 44.5 Å². The monoisotopic (exact) mass is 378 g/mol. The number of carbonyl (C=O) groups excluding carboxylic acids is 1. The number of thiophene rings is 1. The fourth-order valence-corrected chi connectivity index (χ4v) is 3.62. The summed E-state index contributed by atoms with van der Waals surface area (Å²) in [5.41, 5.74) is 0.623. The second-order valence-corrected chi connectivity index (χ2v) is 7.26. The van der Waals surface area contributed by atoms with Gasteiger partial charge in [-0.2, -0.15) is 0 Å². The molecule has 0 aliphatic heterocycles. The first-order chi connectivity index (χ1) is 11.8. The third-order valence-corrected chi connectivity index (χ3v) is 5.24. The van der Waals surface area contributed by atoms with Crippen molar-refractivity contribution < 1.29 is 14.6 Å². The Morgan fingerprint density at radius 2 is 2.12 bits per heavy atom. The van der Waals surface area contributed by atoms with Crippen LogP contribution in [0.5, 0.6) is 5.75 Å². The van der Waals surface area contributed by atoms with E-state index < -0.39 is 12.1 Å². The molecule has 2 aromatic heterocycles. The summed E-state index contributed by atoms with van der Waals surface area (Å²) in [6.45, 7) is 5.40. The summed E-state index contributed by atoms with van der Waals surface area (Å²) in [6, 6.07) is 4.11. The van der Waals surface area contributed by atoms with E-state index in [-0.39, 0.29) is 22.7 Å². The van der Waals surface area contributed by atoms with E-state index in [2.05, 4.69) is 9.97 Å². The van der Waals surface area contributed by atoms with Crippen molar-refractivity contribution in [1.29, 1.82) is 0 Å². The van der Waals surface area contributed by atoms with Gasteiger partial charge in [0.05, 0.1) is 5.39 Å². The maximum atomic E-state index is 12.3. The molecule has 8 heteroatoms. The molecule has 1 aromatic carbocycles. The molecule has 130 valence electrons. The molecule has 3 aromatic rings. The summed E-state index contributed by atoms with van der Waals surface area (Å²) in [6.07, 6.45) is -0.789. The number of benzene rings is 1. The molecule has 6 nitrogen and oxygen atoms in total. The summed E-state index contributed by atoms with van der Waals surface area (Å²) >= 11 is 7.17. The van der Waals surface area contributed by atoms with E-state index in [4.69, 9.17) is 16.3 Å². The molecule has 0 aliphatic carbocycles. The number of phenolic OH excluding ortho intramolecular Hbond substituents is 1. The van der Waals surface area contributed by atoms with Crippen LogP contribution in [0.1, 0.15) is 39.7 Å². The van der Waals surface area contributed by atoms with Crippen molar-refractivity contribution in [2.75, 3.05) is 0 Å². The lowest BCUT2D eigenvalue weighted by molar-refractivity contribution is 0.0317. The fraction of sp³-hybridized carbons (Fsp3) is 0.235. The number of hydrogen-bond acceptors (Lipinski definition) is 6. The molecule has 2 heterocycles. The highest BCUT2D eigenvalue weighted by molar-refractivity contribution is 7.18. The van der Waals surface area contributed by atoms with Crippen molar-refractivity contribution in [3.63, 3.8) is 0 Å². The molecule has 3 rings (SSSR count). The van der Waals surface area contributed by atoms with Crippen molar-refractivity contribution in [3.8, 4) is 5.75 Å². The first-order valence-electron chi connectivity index (χ1n) is 7.47. The van der Waals surface area contributed by atoms with Gasteiger partial charge in [0.15, 0.2) is 11.9 Å². The van der Waals surface area contributed by atoms with Crippen LogP contribution in [0.4, 0.5) is 0 Å². The van der Waals surface area contributed by atoms with E-state index in [0.717, 1.165) is 10.4 Å². The molecule has 25 heavy (non-hydrogen) atoms. The third-order valence-electron chi connectivity index (χ3n) is 3.91. The zero-order valence-electron chi connectivity index (χ0n) is 13.7. The van der Waals surface area contributed by atoms with Crippen LogP contribution in [0.3, 0.4) is 0 Å². The number of halogens is 1. The van der Waals surface area contributed by atoms with Crippen LogP contribution in [0.2, 0.25) is 5.02 Å². The standard InChI is InChI=1S/C17H15ClN2O4S/c1-7-9(3)25-16-13(7)15(22)19-14(20-16)8(2)24-17(23)11-5-4-10(18)6-12(11)21/h4-6,8,21H,1-3H3,(H,19,20,22)/t8-/m0/s1. The average Bonchev–Trinajstić information content (AvgIpc) is 2.82. The van der Waals surface area contributed by atoms with Gasteiger partial charge in [0.1, 0.15) is 16.1 Å². The Balaban J connectivity index is 1.90. The van der Waals surface area contributed by atoms with Crippen LogP contribution in [-0.2, 0) is 4.74 Å². The number of carbonyl (C=O) groups is 1. The molecule has 0 saturated heterocycles. The van der Waals surface area contributed by atoms with Crippen LogP contribution in [-0.4, -0.2) is 21.0 Å². The van der Waals surface area contributed by atoms with E-state index in [1.54, 1.807) is 6.92 Å². The number of rotatable bonds is 3. The summed E-state index contributed by atoms with van der Waals surface area (Å²) in [5, 5.41) is 10.7. The maximum Gasteiger partial charge on any atom is 0.342 e. The predicted octanol–water partition coefficient (Wildman–Crippen LogP) is 3.88. The average molecular weight is 379 g/mol. The summed E-state index contributed by atoms with van der Waals surface area (Å²) in [5.74, 6) is -0.755. The minimum absolute atomic E-state index is 0.0116. The molecule has 0 spiro atoms. The number of aryl methyl sites for hydroxylation is 2. The molecule has 0 unspecified atom stereocenters. The Labute approximate surface area is 152 Å². The quantitative estimate of drug-likeness (QED) is 0.675. The largest absolute Gasteiger partial charge is 0.507 e. The van der Waals surface area contributed by atoms with Crippen molar-refractivity contribution in [1.82, 2.24) is 9.97 Å². The van der Waals surface area contributed by atoms with Gasteiger partial charge in [0, 0.05) is 9.90 Å². The van der Waals surface area contributed by atoms with E-state index in [1.807, 2.05) is 13.8 Å². The molecule has 1 atom stereocenters. The number of hydrogen-bond donors (Lipinski definition) is 2. The fourth-order valence-electron chi connectivity index (χ4n) is 2.42. The Hall–Kier alpha value is -2.38. The lowest BCUT2D eigenvalue weighted by Gasteiger charge is -2.13. The molecule has 2 N–H and O–H groups in total. The second-order valence-electron chi connectivity index (χ2n) is 5.62. The van der Waals surface area contributed by atoms with Gasteiger partial charge >= 0.3 is 5.97 Å². The van der Waals surface area contributed by atoms with Crippen molar-refractivity contribution in [3.05, 3.63) is 55.4 Å². The Morgan fingerprint density at radius 1 is 1.40 bits per heavy atom. The SMILES string of the molecule is Cc1sc2nc([C@H](C)OC(=O)c3ccc(Cl)cc3O)[nH]c(=O)c2c1C. The molecular formula is C17H15ClN2O4S. The highest BCUT2D eigenvalue weighted by Gasteiger charge is 2.20. The number of fused-ring (bicyclic) bond motifs is 1. The topological polar surface area (TPSA) is 92.3 Å². The lowest BCUT2D eigenvalue weighted by Crippen LogP contribution is -2.17. The summed E-state index contributed by atoms with van der Waals surface area (Å²) in [4.78, 5) is 33.2. The lowest BCUT2D eigenvalue weighted by atomic mass is 10.2. The second kappa shape index (κ2) is 6.50. The Kier molecular flexibility index (Phi) is 4.53. The van der Waals surface area contributed by atoms with Gasteiger partial charge in [-0.1, -0.05) is 11.6 Å². The van der Waals surface area contributed by atoms with Crippen molar-refractivity contribution >= 4 is 39.1 Å². The number of ether oxygens (including phenoxy) is 1. The number of H-pyrrole nitrogens is 1. The number of esters is 1. The van der Waals surface area contributed by atoms with E-state index >= 15 is 0 Å². The summed E-state index contributed by atoms with van der Waals surface area (Å²) < 4.78 is 5.31. The number of nitrogens with one attached hydrogen (secondary N) is 1. The van der Waals surface area contributed by atoms with Crippen LogP contribution in [0, 0.1) is 13.8 Å². The normalized spacial score (nSPS) is 12.3. The first kappa shape index (κ1) is 17.4. The van der Waals surface area contributed by atoms with E-state index in [1.165, 1.54) is 29.5 Å². The molecule has 0 radical (unpaired) electrons. The molecule has 0 aliphatic rings. The Morgan fingerprint density at radius 3 is 2.80 bits per heavy atom. The summed E-state index contributed by atoms with van der Waals surface area (Å²) in [7, 11) is 0. The van der Waals surface area contributed by atoms with Crippen molar-refractivity contribution in [2.24, 2.45) is 0 Å². The van der Waals surface area contributed by atoms with E-state index in [0.29, 0.717) is 15.2 Å². The smallest absolute Gasteiger partial charge is 0.342 e. The molecule has 0 fully saturated rings. The highest BCUT2D eigenvalue weighted by atomic mass is 35.5. The van der Waals surface area contributed by atoms with Gasteiger partial charge < -0.3 is 14.8 Å². The van der Waals surface area contributed by atoms with Crippen LogP contribution >= 0.6 is 22.9 Å². The molecule has 0 amide bonds. The van der Waals surface area contributed by atoms with Crippen LogP contribution in [0.15, 0.2) is 23.0 Å². The molecule has 0 saturated carbocycles. The van der Waals surface area contributed by atoms with Gasteiger partial charge in [0.25, 0.3) is 5.56 Å². The first-order valence-corrected chi connectivity index (χ1v) is 8.66. The molecular weight excluding hydrogens is 364 g/mol. The molecule has 0 bridgehead atoms. The zero-order chi connectivity index (χ0) is 18.3. The van der Waals surface area contributed by atoms with Gasteiger partial charge in [-0.25, -0.2) is 9.78 Å². The Bertz CT molecular complexity index is 1040. The highest BCUT2D eigenvalue weighted by Crippen LogP contribution is 2.28. The van der Waals surface area contributed by atoms with Gasteiger partial charge in [-0.3, -0.25) is 4.79 Å². The van der Waals surface area contributed by atoms with E-state index in [9.17, 15) is 14.7 Å². The number of aromatic hydroxyl groups is 1. The van der Waals surface area contributed by atoms with Crippen LogP contribution in [0.25, 0.3) is 10.2 Å². The maximum absolute atomic E-state index is 12.3. The zero-order valence-corrected chi connectivity index (χ0v) is 15.3. The van der Waals surface area contributed by atoms with Crippen molar-refractivity contribution in [2.45, 2.75) is 26.9 Å². The van der Waals surface area contributed by atoms with Gasteiger partial charge in [-0.15, -0.1) is 11.3 Å².